The first kappa shape index (κ1) is 25.9. The molecule has 0 atom stereocenters. The van der Waals surface area contributed by atoms with E-state index in [1.54, 1.807) is 6.07 Å². The summed E-state index contributed by atoms with van der Waals surface area (Å²) in [6, 6.07) is 13.8. The highest BCUT2D eigenvalue weighted by Gasteiger charge is 2.31. The zero-order chi connectivity index (χ0) is 25.0. The molecule has 0 aliphatic heterocycles. The molecule has 2 aliphatic rings. The monoisotopic (exact) mass is 490 g/mol. The van der Waals surface area contributed by atoms with Crippen molar-refractivity contribution in [3.8, 4) is 11.1 Å². The van der Waals surface area contributed by atoms with E-state index in [0.717, 1.165) is 68.1 Å². The maximum atomic E-state index is 15.0. The highest BCUT2D eigenvalue weighted by molar-refractivity contribution is 5.64. The Bertz CT molecular complexity index is 988. The topological polar surface area (TPSA) is 0 Å². The van der Waals surface area contributed by atoms with E-state index >= 15 is 0 Å². The van der Waals surface area contributed by atoms with Crippen LogP contribution in [0.2, 0.25) is 0 Å². The molecule has 2 aliphatic carbocycles. The normalized spacial score (nSPS) is 26.1. The smallest absolute Gasteiger partial charge is 0.212 e. The lowest BCUT2D eigenvalue weighted by Gasteiger charge is -2.32. The Morgan fingerprint density at radius 1 is 0.800 bits per heavy atom. The summed E-state index contributed by atoms with van der Waals surface area (Å²) in [7, 11) is 0. The number of alkyl halides is 3. The summed E-state index contributed by atoms with van der Waals surface area (Å²) in [5.74, 6) is -0.327. The number of hydrogen-bond acceptors (Lipinski definition) is 0. The highest BCUT2D eigenvalue weighted by Crippen LogP contribution is 2.42. The number of halogens is 5. The van der Waals surface area contributed by atoms with Crippen molar-refractivity contribution in [2.24, 2.45) is 17.8 Å². The van der Waals surface area contributed by atoms with Gasteiger partial charge in [-0.3, -0.25) is 0 Å². The van der Waals surface area contributed by atoms with Gasteiger partial charge in [-0.25, -0.2) is 8.78 Å². The molecule has 0 heterocycles. The second kappa shape index (κ2) is 11.3. The summed E-state index contributed by atoms with van der Waals surface area (Å²) >= 11 is 0. The minimum absolute atomic E-state index is 0.116. The van der Waals surface area contributed by atoms with Gasteiger partial charge in [0, 0.05) is 5.92 Å². The first-order valence-corrected chi connectivity index (χ1v) is 13.0. The van der Waals surface area contributed by atoms with Gasteiger partial charge in [0.2, 0.25) is 0 Å². The van der Waals surface area contributed by atoms with Gasteiger partial charge in [0.25, 0.3) is 0 Å². The van der Waals surface area contributed by atoms with Gasteiger partial charge in [-0.2, -0.15) is 13.2 Å². The quantitative estimate of drug-likeness (QED) is 0.353. The molecule has 0 spiro atoms. The summed E-state index contributed by atoms with van der Waals surface area (Å²) in [6.07, 6.45) is 4.20. The van der Waals surface area contributed by atoms with Crippen LogP contribution >= 0.6 is 0 Å². The maximum Gasteiger partial charge on any atom is 0.412 e. The third-order valence-electron chi connectivity index (χ3n) is 8.19. The van der Waals surface area contributed by atoms with Crippen LogP contribution in [0.1, 0.15) is 81.3 Å². The van der Waals surface area contributed by atoms with Gasteiger partial charge < -0.3 is 0 Å². The van der Waals surface area contributed by atoms with Crippen molar-refractivity contribution in [3.63, 3.8) is 0 Å². The van der Waals surface area contributed by atoms with Gasteiger partial charge in [-0.05, 0) is 98.8 Å². The predicted molar refractivity (Wildman–Crippen MR) is 131 cm³/mol. The molecule has 0 aromatic heterocycles. The van der Waals surface area contributed by atoms with Crippen molar-refractivity contribution in [2.45, 2.75) is 83.2 Å². The summed E-state index contributed by atoms with van der Waals surface area (Å²) in [5.41, 5.74) is 3.94. The molecule has 0 N–H and O–H groups in total. The minimum Gasteiger partial charge on any atom is -0.212 e. The Morgan fingerprint density at radius 3 is 1.89 bits per heavy atom. The summed E-state index contributed by atoms with van der Waals surface area (Å²) in [6.45, 7) is 2.04. The molecule has 4 rings (SSSR count). The summed E-state index contributed by atoms with van der Waals surface area (Å²) < 4.78 is 66.0. The molecule has 2 aromatic rings. The molecule has 0 nitrogen and oxygen atoms in total. The molecule has 2 fully saturated rings. The molecule has 35 heavy (non-hydrogen) atoms. The lowest BCUT2D eigenvalue weighted by atomic mass is 9.74. The third kappa shape index (κ3) is 7.17. The van der Waals surface area contributed by atoms with Crippen molar-refractivity contribution < 1.29 is 22.0 Å². The number of rotatable bonds is 6. The van der Waals surface area contributed by atoms with Crippen molar-refractivity contribution in [1.29, 1.82) is 0 Å². The van der Waals surface area contributed by atoms with Crippen molar-refractivity contribution >= 4 is 0 Å². The fraction of sp³-hybridized carbons (Fsp3) is 0.533. The Morgan fingerprint density at radius 2 is 1.34 bits per heavy atom. The molecular weight excluding hydrogens is 455 g/mol. The molecule has 2 saturated carbocycles. The molecule has 2 aromatic carbocycles. The molecular formula is C30H35F5. The predicted octanol–water partition coefficient (Wildman–Crippen LogP) is 10.1. The van der Waals surface area contributed by atoms with Crippen LogP contribution in [0.5, 0.6) is 0 Å². The lowest BCUT2D eigenvalue weighted by Crippen LogP contribution is -2.19. The van der Waals surface area contributed by atoms with Crippen LogP contribution < -0.4 is 0 Å². The SMILES string of the molecule is Cc1ccc(-c2ccc(C3CCC(CCC4CCC(/C(F)=C/C(F)(F)F)CC4)CC3)c(F)c2)cc1. The van der Waals surface area contributed by atoms with Gasteiger partial charge in [0.05, 0.1) is 6.08 Å². The molecule has 5 heteroatoms. The molecule has 0 unspecified atom stereocenters. The van der Waals surface area contributed by atoms with Crippen LogP contribution in [0.3, 0.4) is 0 Å². The summed E-state index contributed by atoms with van der Waals surface area (Å²) in [5, 5.41) is 0. The highest BCUT2D eigenvalue weighted by atomic mass is 19.4. The van der Waals surface area contributed by atoms with Crippen LogP contribution in [-0.2, 0) is 0 Å². The van der Waals surface area contributed by atoms with Crippen LogP contribution in [0.25, 0.3) is 11.1 Å². The van der Waals surface area contributed by atoms with Crippen LogP contribution in [-0.4, -0.2) is 6.18 Å². The Balaban J connectivity index is 1.22. The van der Waals surface area contributed by atoms with E-state index in [4.69, 9.17) is 0 Å². The summed E-state index contributed by atoms with van der Waals surface area (Å²) in [4.78, 5) is 0. The molecule has 0 amide bonds. The van der Waals surface area contributed by atoms with Crippen LogP contribution in [0.15, 0.2) is 54.4 Å². The molecule has 0 radical (unpaired) electrons. The second-order valence-corrected chi connectivity index (χ2v) is 10.7. The van der Waals surface area contributed by atoms with Crippen LogP contribution in [0, 0.1) is 30.5 Å². The van der Waals surface area contributed by atoms with E-state index in [0.29, 0.717) is 24.7 Å². The maximum absolute atomic E-state index is 15.0. The average molecular weight is 491 g/mol. The standard InChI is InChI=1S/C30H35F5/c1-20-2-10-23(11-3-20)26-16-17-27(28(31)18-26)24-12-6-21(7-13-24)4-5-22-8-14-25(15-9-22)29(32)19-30(33,34)35/h2-3,10-11,16-19,21-22,24-25H,4-9,12-15H2,1H3/b29-19-. The number of aryl methyl sites for hydroxylation is 1. The Labute approximate surface area is 205 Å². The number of allylic oxidation sites excluding steroid dienone is 2. The van der Waals surface area contributed by atoms with E-state index < -0.39 is 17.9 Å². The van der Waals surface area contributed by atoms with Gasteiger partial charge in [0.15, 0.2) is 0 Å². The Hall–Kier alpha value is -2.17. The second-order valence-electron chi connectivity index (χ2n) is 10.7. The van der Waals surface area contributed by atoms with Crippen molar-refractivity contribution in [3.05, 3.63) is 71.3 Å². The number of benzene rings is 2. The van der Waals surface area contributed by atoms with Gasteiger partial charge in [0.1, 0.15) is 11.6 Å². The number of hydrogen-bond donors (Lipinski definition) is 0. The molecule has 0 saturated heterocycles. The lowest BCUT2D eigenvalue weighted by molar-refractivity contribution is -0.0821. The van der Waals surface area contributed by atoms with E-state index in [9.17, 15) is 22.0 Å². The third-order valence-corrected chi connectivity index (χ3v) is 8.19. The fourth-order valence-corrected chi connectivity index (χ4v) is 6.02. The van der Waals surface area contributed by atoms with Gasteiger partial charge in [-0.1, -0.05) is 54.8 Å². The van der Waals surface area contributed by atoms with Gasteiger partial charge >= 0.3 is 6.18 Å². The van der Waals surface area contributed by atoms with Crippen molar-refractivity contribution in [1.82, 2.24) is 0 Å². The Kier molecular flexibility index (Phi) is 8.34. The largest absolute Gasteiger partial charge is 0.412 e. The van der Waals surface area contributed by atoms with Gasteiger partial charge in [-0.15, -0.1) is 0 Å². The zero-order valence-electron chi connectivity index (χ0n) is 20.4. The van der Waals surface area contributed by atoms with Crippen molar-refractivity contribution in [2.75, 3.05) is 0 Å². The van der Waals surface area contributed by atoms with E-state index in [1.807, 2.05) is 43.3 Å². The van der Waals surface area contributed by atoms with E-state index in [-0.39, 0.29) is 17.8 Å². The van der Waals surface area contributed by atoms with Crippen LogP contribution in [0.4, 0.5) is 22.0 Å². The van der Waals surface area contributed by atoms with E-state index in [1.165, 1.54) is 5.56 Å². The fourth-order valence-electron chi connectivity index (χ4n) is 6.02. The average Bonchev–Trinajstić information content (AvgIpc) is 2.83. The van der Waals surface area contributed by atoms with E-state index in [2.05, 4.69) is 0 Å². The minimum atomic E-state index is -4.58. The first-order chi connectivity index (χ1) is 16.7. The molecule has 190 valence electrons. The molecule has 0 bridgehead atoms. The first-order valence-electron chi connectivity index (χ1n) is 13.0. The zero-order valence-corrected chi connectivity index (χ0v) is 20.4.